The maximum Gasteiger partial charge on any atom is 0.187 e. The van der Waals surface area contributed by atoms with Crippen molar-refractivity contribution in [2.75, 3.05) is 0 Å². The van der Waals surface area contributed by atoms with Crippen LogP contribution in [0.15, 0.2) is 36.9 Å². The molecule has 1 aromatic carbocycles. The largest absolute Gasteiger partial charge is 0.238 e. The first-order valence-corrected chi connectivity index (χ1v) is 8.91. The van der Waals surface area contributed by atoms with E-state index in [0.29, 0.717) is 0 Å². The second-order valence-electron chi connectivity index (χ2n) is 6.70. The van der Waals surface area contributed by atoms with Crippen molar-refractivity contribution in [3.8, 4) is 0 Å². The van der Waals surface area contributed by atoms with E-state index in [1.807, 2.05) is 18.2 Å². The number of benzene rings is 1. The van der Waals surface area contributed by atoms with Gasteiger partial charge in [0.15, 0.2) is 5.69 Å². The second kappa shape index (κ2) is 9.46. The van der Waals surface area contributed by atoms with Gasteiger partial charge >= 0.3 is 0 Å². The molecule has 22 heavy (non-hydrogen) atoms. The van der Waals surface area contributed by atoms with Crippen molar-refractivity contribution in [1.29, 1.82) is 0 Å². The molecule has 1 aliphatic carbocycles. The molecule has 118 valence electrons. The predicted molar refractivity (Wildman–Crippen MR) is 95.3 cm³/mol. The molecule has 1 nitrogen and oxygen atoms in total. The normalized spacial score (nSPS) is 21.2. The maximum absolute atomic E-state index is 7.02. The van der Waals surface area contributed by atoms with E-state index in [9.17, 15) is 0 Å². The van der Waals surface area contributed by atoms with Crippen LogP contribution >= 0.6 is 0 Å². The van der Waals surface area contributed by atoms with E-state index in [4.69, 9.17) is 6.57 Å². The summed E-state index contributed by atoms with van der Waals surface area (Å²) in [5.41, 5.74) is 2.20. The number of hydrogen-bond acceptors (Lipinski definition) is 0. The van der Waals surface area contributed by atoms with Crippen LogP contribution in [0.1, 0.15) is 75.7 Å². The van der Waals surface area contributed by atoms with Crippen LogP contribution < -0.4 is 0 Å². The standard InChI is InChI=1S/C21H29N/c1-3-4-5-6-7-8-9-18-10-12-19(13-11-18)20-14-16-21(22-2)17-15-20/h3,14-19H,1,4-13H2. The minimum absolute atomic E-state index is 0.726. The first-order valence-electron chi connectivity index (χ1n) is 8.91. The lowest BCUT2D eigenvalue weighted by Gasteiger charge is -2.29. The van der Waals surface area contributed by atoms with Gasteiger partial charge in [-0.2, -0.15) is 0 Å². The third-order valence-electron chi connectivity index (χ3n) is 5.11. The zero-order valence-electron chi connectivity index (χ0n) is 13.8. The third-order valence-corrected chi connectivity index (χ3v) is 5.11. The topological polar surface area (TPSA) is 4.36 Å². The van der Waals surface area contributed by atoms with E-state index in [1.54, 1.807) is 0 Å². The minimum Gasteiger partial charge on any atom is -0.238 e. The Labute approximate surface area is 136 Å². The number of unbranched alkanes of at least 4 members (excludes halogenated alkanes) is 4. The molecule has 0 saturated heterocycles. The molecule has 0 radical (unpaired) electrons. The van der Waals surface area contributed by atoms with E-state index >= 15 is 0 Å². The number of rotatable bonds is 8. The van der Waals surface area contributed by atoms with Gasteiger partial charge in [-0.3, -0.25) is 0 Å². The summed E-state index contributed by atoms with van der Waals surface area (Å²) in [6.07, 6.45) is 15.6. The molecule has 1 aromatic rings. The average Bonchev–Trinajstić information content (AvgIpc) is 2.59. The summed E-state index contributed by atoms with van der Waals surface area (Å²) in [5.74, 6) is 1.68. The van der Waals surface area contributed by atoms with Gasteiger partial charge in [-0.25, -0.2) is 4.85 Å². The monoisotopic (exact) mass is 295 g/mol. The van der Waals surface area contributed by atoms with Crippen LogP contribution in [0.25, 0.3) is 4.85 Å². The van der Waals surface area contributed by atoms with E-state index in [1.165, 1.54) is 69.8 Å². The van der Waals surface area contributed by atoms with Crippen LogP contribution in [-0.2, 0) is 0 Å². The molecule has 0 unspecified atom stereocenters. The Morgan fingerprint density at radius 3 is 2.32 bits per heavy atom. The number of nitrogens with zero attached hydrogens (tertiary/aromatic N) is 1. The van der Waals surface area contributed by atoms with Crippen LogP contribution in [0.3, 0.4) is 0 Å². The Kier molecular flexibility index (Phi) is 7.23. The molecule has 0 amide bonds. The summed E-state index contributed by atoms with van der Waals surface area (Å²) in [6, 6.07) is 8.27. The van der Waals surface area contributed by atoms with Gasteiger partial charge in [0.1, 0.15) is 0 Å². The first kappa shape index (κ1) is 16.8. The summed E-state index contributed by atoms with van der Waals surface area (Å²) >= 11 is 0. The van der Waals surface area contributed by atoms with Crippen molar-refractivity contribution < 1.29 is 0 Å². The first-order chi connectivity index (χ1) is 10.8. The van der Waals surface area contributed by atoms with E-state index in [-0.39, 0.29) is 0 Å². The van der Waals surface area contributed by atoms with Gasteiger partial charge in [0.05, 0.1) is 6.57 Å². The van der Waals surface area contributed by atoms with Gasteiger partial charge in [-0.05, 0) is 55.9 Å². The van der Waals surface area contributed by atoms with Crippen molar-refractivity contribution in [2.45, 2.75) is 70.1 Å². The molecule has 0 aliphatic heterocycles. The zero-order chi connectivity index (χ0) is 15.6. The Balaban J connectivity index is 1.65. The highest BCUT2D eigenvalue weighted by Crippen LogP contribution is 2.38. The van der Waals surface area contributed by atoms with Gasteiger partial charge in [0.25, 0.3) is 0 Å². The van der Waals surface area contributed by atoms with Gasteiger partial charge in [-0.1, -0.05) is 56.0 Å². The molecule has 0 N–H and O–H groups in total. The lowest BCUT2D eigenvalue weighted by atomic mass is 9.77. The average molecular weight is 295 g/mol. The van der Waals surface area contributed by atoms with Crippen LogP contribution in [-0.4, -0.2) is 0 Å². The molecular formula is C21H29N. The number of allylic oxidation sites excluding steroid dienone is 1. The molecule has 0 heterocycles. The van der Waals surface area contributed by atoms with Crippen LogP contribution in [0.5, 0.6) is 0 Å². The molecule has 0 atom stereocenters. The molecule has 1 fully saturated rings. The van der Waals surface area contributed by atoms with E-state index in [0.717, 1.165) is 17.5 Å². The number of hydrogen-bond donors (Lipinski definition) is 0. The van der Waals surface area contributed by atoms with Gasteiger partial charge < -0.3 is 0 Å². The third kappa shape index (κ3) is 5.34. The molecule has 1 heteroatoms. The SMILES string of the molecule is [C-]#[N+]c1ccc(C2CCC(CCCCCCC=C)CC2)cc1. The van der Waals surface area contributed by atoms with Crippen molar-refractivity contribution >= 4 is 5.69 Å². The summed E-state index contributed by atoms with van der Waals surface area (Å²) < 4.78 is 0. The molecule has 2 rings (SSSR count). The highest BCUT2D eigenvalue weighted by Gasteiger charge is 2.21. The van der Waals surface area contributed by atoms with Gasteiger partial charge in [0.2, 0.25) is 0 Å². The Morgan fingerprint density at radius 2 is 1.68 bits per heavy atom. The zero-order valence-corrected chi connectivity index (χ0v) is 13.8. The highest BCUT2D eigenvalue weighted by molar-refractivity contribution is 5.45. The van der Waals surface area contributed by atoms with Crippen molar-refractivity contribution in [3.63, 3.8) is 0 Å². The summed E-state index contributed by atoms with van der Waals surface area (Å²) in [4.78, 5) is 3.47. The molecule has 0 bridgehead atoms. The Morgan fingerprint density at radius 1 is 1.00 bits per heavy atom. The fourth-order valence-electron chi connectivity index (χ4n) is 3.68. The van der Waals surface area contributed by atoms with Crippen LogP contribution in [0, 0.1) is 12.5 Å². The summed E-state index contributed by atoms with van der Waals surface area (Å²) in [6.45, 7) is 10.8. The van der Waals surface area contributed by atoms with E-state index in [2.05, 4.69) is 23.6 Å². The smallest absolute Gasteiger partial charge is 0.187 e. The van der Waals surface area contributed by atoms with E-state index < -0.39 is 0 Å². The molecule has 1 aliphatic rings. The fraction of sp³-hybridized carbons (Fsp3) is 0.571. The predicted octanol–water partition coefficient (Wildman–Crippen LogP) is 7.04. The van der Waals surface area contributed by atoms with Crippen LogP contribution in [0.4, 0.5) is 5.69 Å². The molecule has 0 aromatic heterocycles. The van der Waals surface area contributed by atoms with Gasteiger partial charge in [0, 0.05) is 0 Å². The maximum atomic E-state index is 7.02. The van der Waals surface area contributed by atoms with Crippen molar-refractivity contribution in [3.05, 3.63) is 53.9 Å². The minimum atomic E-state index is 0.726. The molecule has 0 spiro atoms. The Bertz CT molecular complexity index is 472. The summed E-state index contributed by atoms with van der Waals surface area (Å²) in [5, 5.41) is 0. The second-order valence-corrected chi connectivity index (χ2v) is 6.70. The summed E-state index contributed by atoms with van der Waals surface area (Å²) in [7, 11) is 0. The van der Waals surface area contributed by atoms with Gasteiger partial charge in [-0.15, -0.1) is 6.58 Å². The van der Waals surface area contributed by atoms with Crippen molar-refractivity contribution in [2.24, 2.45) is 5.92 Å². The molecular weight excluding hydrogens is 266 g/mol. The molecule has 1 saturated carbocycles. The van der Waals surface area contributed by atoms with Crippen LogP contribution in [0.2, 0.25) is 0 Å². The Hall–Kier alpha value is -1.55. The lowest BCUT2D eigenvalue weighted by Crippen LogP contribution is -2.13. The van der Waals surface area contributed by atoms with Crippen molar-refractivity contribution in [1.82, 2.24) is 0 Å². The quantitative estimate of drug-likeness (QED) is 0.275. The fourth-order valence-corrected chi connectivity index (χ4v) is 3.68. The lowest BCUT2D eigenvalue weighted by molar-refractivity contribution is 0.302. The highest BCUT2D eigenvalue weighted by atomic mass is 14.6.